The second-order valence-corrected chi connectivity index (χ2v) is 10.5. The molecule has 0 aliphatic carbocycles. The molecule has 0 spiro atoms. The Hall–Kier alpha value is -0.650. The second-order valence-electron chi connectivity index (χ2n) is 10.5. The molecular weight excluding hydrogens is 324 g/mol. The van der Waals surface area contributed by atoms with Crippen LogP contribution in [0.5, 0.6) is 0 Å². The highest BCUT2D eigenvalue weighted by molar-refractivity contribution is 5.76. The molecule has 0 aromatic rings. The predicted octanol–water partition coefficient (Wildman–Crippen LogP) is 2.51. The molecule has 5 heteroatoms. The van der Waals surface area contributed by atoms with E-state index >= 15 is 0 Å². The highest BCUT2D eigenvalue weighted by Gasteiger charge is 2.40. The van der Waals surface area contributed by atoms with E-state index in [0.717, 1.165) is 32.4 Å². The third-order valence-corrected chi connectivity index (χ3v) is 6.79. The van der Waals surface area contributed by atoms with Crippen molar-refractivity contribution in [1.82, 2.24) is 20.9 Å². The van der Waals surface area contributed by atoms with Crippen molar-refractivity contribution in [3.8, 4) is 0 Å². The summed E-state index contributed by atoms with van der Waals surface area (Å²) in [5.41, 5.74) is 0.324. The van der Waals surface area contributed by atoms with Crippen molar-refractivity contribution in [2.75, 3.05) is 20.1 Å². The van der Waals surface area contributed by atoms with Crippen LogP contribution in [-0.2, 0) is 4.79 Å². The van der Waals surface area contributed by atoms with E-state index in [4.69, 9.17) is 0 Å². The van der Waals surface area contributed by atoms with Gasteiger partial charge in [0.15, 0.2) is 0 Å². The summed E-state index contributed by atoms with van der Waals surface area (Å²) in [5, 5.41) is 10.6. The third kappa shape index (κ3) is 5.43. The fourth-order valence-electron chi connectivity index (χ4n) is 5.08. The first-order valence-corrected chi connectivity index (χ1v) is 10.4. The standard InChI is InChI=1S/C21H42N4O/c1-15-17(10-12-25(8)21(15,6)7)22-11-9-18(26)23-16-13-19(2,3)24-20(4,5)14-16/h15-17,22,24H,9-14H2,1-8H3,(H,23,26). The number of hydrogen-bond acceptors (Lipinski definition) is 4. The van der Waals surface area contributed by atoms with Gasteiger partial charge >= 0.3 is 0 Å². The molecule has 0 radical (unpaired) electrons. The zero-order valence-corrected chi connectivity index (χ0v) is 18.3. The summed E-state index contributed by atoms with van der Waals surface area (Å²) in [6.45, 7) is 17.7. The molecule has 0 saturated carbocycles. The average molecular weight is 367 g/mol. The number of carbonyl (C=O) groups is 1. The maximum absolute atomic E-state index is 12.5. The monoisotopic (exact) mass is 366 g/mol. The summed E-state index contributed by atoms with van der Waals surface area (Å²) in [5.74, 6) is 0.742. The lowest BCUT2D eigenvalue weighted by molar-refractivity contribution is -0.122. The average Bonchev–Trinajstić information content (AvgIpc) is 2.44. The largest absolute Gasteiger partial charge is 0.353 e. The Kier molecular flexibility index (Phi) is 6.46. The van der Waals surface area contributed by atoms with Crippen LogP contribution in [0.3, 0.4) is 0 Å². The van der Waals surface area contributed by atoms with Crippen LogP contribution in [-0.4, -0.2) is 59.6 Å². The molecule has 152 valence electrons. The van der Waals surface area contributed by atoms with Gasteiger partial charge in [-0.1, -0.05) is 6.92 Å². The van der Waals surface area contributed by atoms with Crippen LogP contribution in [0.25, 0.3) is 0 Å². The van der Waals surface area contributed by atoms with Crippen LogP contribution in [0.4, 0.5) is 0 Å². The lowest BCUT2D eigenvalue weighted by atomic mass is 9.77. The van der Waals surface area contributed by atoms with Gasteiger partial charge in [0, 0.05) is 41.7 Å². The summed E-state index contributed by atoms with van der Waals surface area (Å²) in [6.07, 6.45) is 3.68. The summed E-state index contributed by atoms with van der Waals surface area (Å²) < 4.78 is 0. The van der Waals surface area contributed by atoms with Crippen molar-refractivity contribution in [1.29, 1.82) is 0 Å². The highest BCUT2D eigenvalue weighted by atomic mass is 16.1. The number of carbonyl (C=O) groups excluding carboxylic acids is 1. The van der Waals surface area contributed by atoms with Gasteiger partial charge in [0.05, 0.1) is 0 Å². The maximum Gasteiger partial charge on any atom is 0.221 e. The first kappa shape index (κ1) is 21.6. The molecule has 2 atom stereocenters. The van der Waals surface area contributed by atoms with Crippen LogP contribution in [0.2, 0.25) is 0 Å². The van der Waals surface area contributed by atoms with Crippen molar-refractivity contribution in [2.45, 2.75) is 103 Å². The summed E-state index contributed by atoms with van der Waals surface area (Å²) in [7, 11) is 2.21. The van der Waals surface area contributed by atoms with Crippen molar-refractivity contribution in [3.63, 3.8) is 0 Å². The number of piperidine rings is 2. The van der Waals surface area contributed by atoms with Gasteiger partial charge in [-0.25, -0.2) is 0 Å². The minimum Gasteiger partial charge on any atom is -0.353 e. The first-order chi connectivity index (χ1) is 11.8. The second kappa shape index (κ2) is 7.76. The van der Waals surface area contributed by atoms with E-state index in [0.29, 0.717) is 18.4 Å². The lowest BCUT2D eigenvalue weighted by Gasteiger charge is -2.49. The van der Waals surface area contributed by atoms with Gasteiger partial charge in [-0.3, -0.25) is 4.79 Å². The smallest absolute Gasteiger partial charge is 0.221 e. The Morgan fingerprint density at radius 1 is 1.12 bits per heavy atom. The lowest BCUT2D eigenvalue weighted by Crippen LogP contribution is -2.62. The van der Waals surface area contributed by atoms with Gasteiger partial charge in [-0.05, 0) is 80.3 Å². The van der Waals surface area contributed by atoms with Crippen LogP contribution in [0.15, 0.2) is 0 Å². The van der Waals surface area contributed by atoms with Crippen molar-refractivity contribution in [2.24, 2.45) is 5.92 Å². The van der Waals surface area contributed by atoms with Crippen LogP contribution >= 0.6 is 0 Å². The molecule has 3 N–H and O–H groups in total. The molecule has 0 aromatic carbocycles. The molecule has 2 heterocycles. The van der Waals surface area contributed by atoms with Gasteiger partial charge in [0.2, 0.25) is 5.91 Å². The van der Waals surface area contributed by atoms with E-state index in [9.17, 15) is 4.79 Å². The Bertz CT molecular complexity index is 484. The Balaban J connectivity index is 1.77. The first-order valence-electron chi connectivity index (χ1n) is 10.4. The molecule has 2 aliphatic heterocycles. The van der Waals surface area contributed by atoms with E-state index in [1.807, 2.05) is 0 Å². The topological polar surface area (TPSA) is 56.4 Å². The summed E-state index contributed by atoms with van der Waals surface area (Å²) >= 11 is 0. The van der Waals surface area contributed by atoms with Crippen LogP contribution < -0.4 is 16.0 Å². The number of hydrogen-bond donors (Lipinski definition) is 3. The molecule has 5 nitrogen and oxygen atoms in total. The van der Waals surface area contributed by atoms with Crippen LogP contribution in [0.1, 0.15) is 74.1 Å². The van der Waals surface area contributed by atoms with Crippen molar-refractivity contribution < 1.29 is 4.79 Å². The third-order valence-electron chi connectivity index (χ3n) is 6.79. The van der Waals surface area contributed by atoms with Gasteiger partial charge < -0.3 is 20.9 Å². The number of amides is 1. The molecule has 0 bridgehead atoms. The number of nitrogens with one attached hydrogen (secondary N) is 3. The predicted molar refractivity (Wildman–Crippen MR) is 109 cm³/mol. The summed E-state index contributed by atoms with van der Waals surface area (Å²) in [6, 6.07) is 0.751. The van der Waals surface area contributed by atoms with E-state index in [1.54, 1.807) is 0 Å². The van der Waals surface area contributed by atoms with Gasteiger partial charge in [0.1, 0.15) is 0 Å². The zero-order valence-electron chi connectivity index (χ0n) is 18.3. The number of likely N-dealkylation sites (tertiary alicyclic amines) is 1. The van der Waals surface area contributed by atoms with Gasteiger partial charge in [0.25, 0.3) is 0 Å². The van der Waals surface area contributed by atoms with Gasteiger partial charge in [-0.15, -0.1) is 0 Å². The molecule has 1 amide bonds. The molecule has 2 unspecified atom stereocenters. The Morgan fingerprint density at radius 2 is 1.69 bits per heavy atom. The molecule has 2 saturated heterocycles. The van der Waals surface area contributed by atoms with Gasteiger partial charge in [-0.2, -0.15) is 0 Å². The van der Waals surface area contributed by atoms with Crippen LogP contribution in [0, 0.1) is 5.92 Å². The molecule has 2 rings (SSSR count). The minimum absolute atomic E-state index is 0.0626. The molecule has 2 aliphatic rings. The maximum atomic E-state index is 12.5. The molecular formula is C21H42N4O. The molecule has 2 fully saturated rings. The van der Waals surface area contributed by atoms with Crippen molar-refractivity contribution >= 4 is 5.91 Å². The Labute approximate surface area is 161 Å². The van der Waals surface area contributed by atoms with E-state index < -0.39 is 0 Å². The zero-order chi connectivity index (χ0) is 19.8. The number of rotatable bonds is 5. The number of nitrogens with zero attached hydrogens (tertiary/aromatic N) is 1. The van der Waals surface area contributed by atoms with E-state index in [-0.39, 0.29) is 28.6 Å². The fraction of sp³-hybridized carbons (Fsp3) is 0.952. The van der Waals surface area contributed by atoms with E-state index in [1.165, 1.54) is 0 Å². The Morgan fingerprint density at radius 3 is 2.27 bits per heavy atom. The normalized spacial score (nSPS) is 31.5. The summed E-state index contributed by atoms with van der Waals surface area (Å²) in [4.78, 5) is 14.9. The molecule has 0 aromatic heterocycles. The van der Waals surface area contributed by atoms with E-state index in [2.05, 4.69) is 76.4 Å². The quantitative estimate of drug-likeness (QED) is 0.700. The van der Waals surface area contributed by atoms with Crippen molar-refractivity contribution in [3.05, 3.63) is 0 Å². The molecule has 26 heavy (non-hydrogen) atoms. The highest BCUT2D eigenvalue weighted by Crippen LogP contribution is 2.32. The fourth-order valence-corrected chi connectivity index (χ4v) is 5.08. The SMILES string of the molecule is CC1C(NCCC(=O)NC2CC(C)(C)NC(C)(C)C2)CCN(C)C1(C)C. The minimum atomic E-state index is 0.0626.